The number of aliphatic hydroxyl groups is 1. The van der Waals surface area contributed by atoms with Gasteiger partial charge < -0.3 is 30.7 Å². The van der Waals surface area contributed by atoms with Crippen LogP contribution >= 0.6 is 7.82 Å². The summed E-state index contributed by atoms with van der Waals surface area (Å²) in [5.74, 6) is 4.59. The van der Waals surface area contributed by atoms with E-state index in [1.165, 1.54) is 192 Å². The number of alkyl carbamates (subject to hydrolysis) is 1. The Morgan fingerprint density at radius 2 is 1.29 bits per heavy atom. The van der Waals surface area contributed by atoms with Gasteiger partial charge in [0.05, 0.1) is 25.4 Å². The number of carbonyl (C=O) groups excluding carboxylic acids is 2. The smallest absolute Gasteiger partial charge is 0.446 e. The molecule has 80 heavy (non-hydrogen) atoms. The van der Waals surface area contributed by atoms with Crippen LogP contribution in [0.25, 0.3) is 0 Å². The Labute approximate surface area is 491 Å². The summed E-state index contributed by atoms with van der Waals surface area (Å²) in [6.07, 6.45) is 51.9. The van der Waals surface area contributed by atoms with Crippen LogP contribution < -0.4 is 16.0 Å². The zero-order chi connectivity index (χ0) is 57.9. The lowest BCUT2D eigenvalue weighted by molar-refractivity contribution is -0.123. The first-order valence-electron chi connectivity index (χ1n) is 34.2. The van der Waals surface area contributed by atoms with Crippen LogP contribution in [0.2, 0.25) is 0 Å². The molecule has 2 amide bonds. The van der Waals surface area contributed by atoms with Gasteiger partial charge in [-0.1, -0.05) is 246 Å². The van der Waals surface area contributed by atoms with Crippen molar-refractivity contribution in [2.24, 2.45) is 46.3 Å². The van der Waals surface area contributed by atoms with Crippen LogP contribution in [0.1, 0.15) is 299 Å². The molecule has 4 aliphatic carbocycles. The Morgan fingerprint density at radius 3 is 1.89 bits per heavy atom. The highest BCUT2D eigenvalue weighted by molar-refractivity contribution is 7.47. The number of rotatable bonds is 47. The Balaban J connectivity index is 1.11. The number of hydrogen-bond acceptors (Lipinski definition) is 8. The predicted octanol–water partition coefficient (Wildman–Crippen LogP) is 18.2. The van der Waals surface area contributed by atoms with Crippen molar-refractivity contribution < 1.29 is 37.9 Å². The maximum absolute atomic E-state index is 13.1. The van der Waals surface area contributed by atoms with Crippen LogP contribution in [0.3, 0.4) is 0 Å². The van der Waals surface area contributed by atoms with E-state index in [1.807, 2.05) is 6.08 Å². The molecule has 4 rings (SSSR count). The van der Waals surface area contributed by atoms with Gasteiger partial charge in [0.2, 0.25) is 5.91 Å². The van der Waals surface area contributed by atoms with Gasteiger partial charge in [-0.2, -0.15) is 0 Å². The molecule has 0 aromatic carbocycles. The van der Waals surface area contributed by atoms with Crippen molar-refractivity contribution >= 4 is 19.8 Å². The van der Waals surface area contributed by atoms with E-state index in [-0.39, 0.29) is 37.2 Å². The molecule has 4 aliphatic rings. The first kappa shape index (κ1) is 70.7. The summed E-state index contributed by atoms with van der Waals surface area (Å²) in [6.45, 7) is 17.5. The fourth-order valence-corrected chi connectivity index (χ4v) is 16.0. The summed E-state index contributed by atoms with van der Waals surface area (Å²) in [6, 6.07) is -0.906. The number of phosphoric ester groups is 1. The van der Waals surface area contributed by atoms with E-state index >= 15 is 0 Å². The SMILES string of the molecule is CCCCCCCCCCCCC/C=C/[C@@H](O)[C@H](COP(=O)(O)OCCNCCNC(=O)O[C@H]1CC[C@@]2(C)C(=CC[C@H]3[C@@H]4CC[C@H]([C@H](C)CCCC(C)C)[C@@]4(C)CC[C@@H]32)C1)NC(=O)CCCCCCCCCCCCCCCCC. The topological polar surface area (TPSA) is 155 Å². The second kappa shape index (κ2) is 40.5. The minimum Gasteiger partial charge on any atom is -0.446 e. The predicted molar refractivity (Wildman–Crippen MR) is 334 cm³/mol. The van der Waals surface area contributed by atoms with Crippen molar-refractivity contribution in [3.8, 4) is 0 Å². The monoisotopic (exact) mass is 1140 g/mol. The average molecular weight is 1140 g/mol. The molecule has 466 valence electrons. The summed E-state index contributed by atoms with van der Waals surface area (Å²) in [5, 5.41) is 20.1. The molecule has 0 aromatic rings. The minimum atomic E-state index is -4.50. The first-order valence-corrected chi connectivity index (χ1v) is 35.7. The zero-order valence-electron chi connectivity index (χ0n) is 52.8. The number of carbonyl (C=O) groups is 2. The van der Waals surface area contributed by atoms with Gasteiger partial charge >= 0.3 is 13.9 Å². The van der Waals surface area contributed by atoms with Crippen molar-refractivity contribution in [3.63, 3.8) is 0 Å². The van der Waals surface area contributed by atoms with Crippen LogP contribution in [-0.4, -0.2) is 73.1 Å². The van der Waals surface area contributed by atoms with E-state index in [2.05, 4.69) is 70.5 Å². The molecule has 3 saturated carbocycles. The summed E-state index contributed by atoms with van der Waals surface area (Å²) >= 11 is 0. The van der Waals surface area contributed by atoms with Gasteiger partial charge in [0, 0.05) is 32.5 Å². The van der Waals surface area contributed by atoms with Crippen molar-refractivity contribution in [1.82, 2.24) is 16.0 Å². The molecule has 0 bridgehead atoms. The van der Waals surface area contributed by atoms with Gasteiger partial charge in [0.15, 0.2) is 0 Å². The number of phosphoric acid groups is 1. The largest absolute Gasteiger partial charge is 0.472 e. The van der Waals surface area contributed by atoms with Gasteiger partial charge in [0.1, 0.15) is 6.10 Å². The highest BCUT2D eigenvalue weighted by Crippen LogP contribution is 2.67. The fourth-order valence-electron chi connectivity index (χ4n) is 15.2. The number of nitrogens with one attached hydrogen (secondary N) is 3. The van der Waals surface area contributed by atoms with Gasteiger partial charge in [0.25, 0.3) is 0 Å². The molecule has 0 aromatic heterocycles. The van der Waals surface area contributed by atoms with E-state index in [4.69, 9.17) is 13.8 Å². The lowest BCUT2D eigenvalue weighted by Gasteiger charge is -2.58. The van der Waals surface area contributed by atoms with Crippen molar-refractivity contribution in [2.75, 3.05) is 32.8 Å². The first-order chi connectivity index (χ1) is 38.6. The molecule has 11 atom stereocenters. The molecular weight excluding hydrogens is 1020 g/mol. The van der Waals surface area contributed by atoms with E-state index < -0.39 is 26.1 Å². The Hall–Kier alpha value is -1.75. The fraction of sp³-hybridized carbons (Fsp3) is 0.912. The molecule has 0 aliphatic heterocycles. The maximum atomic E-state index is 13.1. The normalized spacial score (nSPS) is 25.6. The maximum Gasteiger partial charge on any atom is 0.472 e. The van der Waals surface area contributed by atoms with Gasteiger partial charge in [-0.3, -0.25) is 13.8 Å². The van der Waals surface area contributed by atoms with Crippen molar-refractivity contribution in [1.29, 1.82) is 0 Å². The third-order valence-corrected chi connectivity index (χ3v) is 21.1. The van der Waals surface area contributed by atoms with Gasteiger partial charge in [-0.15, -0.1) is 0 Å². The quantitative estimate of drug-likeness (QED) is 0.0227. The highest BCUT2D eigenvalue weighted by atomic mass is 31.2. The van der Waals surface area contributed by atoms with Crippen LogP contribution in [0, 0.1) is 46.3 Å². The Morgan fingerprint density at radius 1 is 0.700 bits per heavy atom. The molecular formula is C68H126N3O8P. The average Bonchev–Trinajstić information content (AvgIpc) is 3.80. The molecule has 3 fully saturated rings. The molecule has 5 N–H and O–H groups in total. The molecule has 0 heterocycles. The summed E-state index contributed by atoms with van der Waals surface area (Å²) in [4.78, 5) is 36.7. The summed E-state index contributed by atoms with van der Waals surface area (Å²) in [5.41, 5.74) is 2.18. The second-order valence-corrected chi connectivity index (χ2v) is 28.4. The van der Waals surface area contributed by atoms with E-state index in [9.17, 15) is 24.2 Å². The number of allylic oxidation sites excluding steroid dienone is 2. The molecule has 11 nitrogen and oxygen atoms in total. The van der Waals surface area contributed by atoms with Crippen LogP contribution in [0.15, 0.2) is 23.8 Å². The summed E-state index contributed by atoms with van der Waals surface area (Å²) in [7, 11) is -4.50. The number of ether oxygens (including phenoxy) is 1. The number of aliphatic hydroxyl groups excluding tert-OH is 1. The van der Waals surface area contributed by atoms with E-state index in [0.717, 1.165) is 93.3 Å². The molecule has 0 radical (unpaired) electrons. The van der Waals surface area contributed by atoms with Crippen LogP contribution in [-0.2, 0) is 23.1 Å². The van der Waals surface area contributed by atoms with Crippen LogP contribution in [0.4, 0.5) is 4.79 Å². The minimum absolute atomic E-state index is 0.105. The zero-order valence-corrected chi connectivity index (χ0v) is 53.7. The standard InChI is InChI=1S/C68H126N3O8P/c1-8-10-12-14-16-18-20-22-23-25-27-29-31-33-35-40-65(73)71-63(64(72)39-34-32-30-28-26-24-21-19-17-15-13-11-9-2)54-78-80(75,76)77-52-51-69-49-50-70-66(74)79-58-45-47-67(6)57(53-58)41-42-59-61-44-43-60(56(5)38-36-37-55(3)4)68(61,7)48-46-62(59)67/h34,39,41,55-56,58-64,69,72H,8-33,35-38,40,42-54H2,1-7H3,(H,70,74)(H,71,73)(H,75,76)/b39-34+/t56-,58+,59+,60-,61+,62+,63+,64-,67+,68-/m1/s1. The van der Waals surface area contributed by atoms with Crippen molar-refractivity contribution in [3.05, 3.63) is 23.8 Å². The lowest BCUT2D eigenvalue weighted by Crippen LogP contribution is -2.51. The Bertz CT molecular complexity index is 1760. The summed E-state index contributed by atoms with van der Waals surface area (Å²) < 4.78 is 29.7. The number of amides is 2. The molecule has 12 heteroatoms. The van der Waals surface area contributed by atoms with E-state index in [0.29, 0.717) is 24.9 Å². The lowest BCUT2D eigenvalue weighted by atomic mass is 9.47. The van der Waals surface area contributed by atoms with Crippen molar-refractivity contribution in [2.45, 2.75) is 317 Å². The van der Waals surface area contributed by atoms with Crippen LogP contribution in [0.5, 0.6) is 0 Å². The highest BCUT2D eigenvalue weighted by Gasteiger charge is 2.59. The number of fused-ring (bicyclic) bond motifs is 5. The second-order valence-electron chi connectivity index (χ2n) is 27.0. The van der Waals surface area contributed by atoms with Gasteiger partial charge in [-0.25, -0.2) is 9.36 Å². The number of hydrogen-bond donors (Lipinski definition) is 5. The third-order valence-electron chi connectivity index (χ3n) is 20.1. The molecule has 0 spiro atoms. The number of unbranched alkanes of at least 4 members (excludes halogenated alkanes) is 25. The molecule has 0 saturated heterocycles. The third kappa shape index (κ3) is 26.7. The van der Waals surface area contributed by atoms with E-state index in [1.54, 1.807) is 6.08 Å². The molecule has 1 unspecified atom stereocenters. The Kier molecular flexibility index (Phi) is 35.8. The van der Waals surface area contributed by atoms with Gasteiger partial charge in [-0.05, 0) is 111 Å².